The summed E-state index contributed by atoms with van der Waals surface area (Å²) in [6.07, 6.45) is 0. The molecule has 3 aromatic rings. The molecule has 1 aromatic carbocycles. The van der Waals surface area contributed by atoms with Gasteiger partial charge in [0.15, 0.2) is 5.69 Å². The van der Waals surface area contributed by atoms with Crippen molar-refractivity contribution in [2.75, 3.05) is 7.11 Å². The number of aryl methyl sites for hydroxylation is 1. The van der Waals surface area contributed by atoms with Crippen LogP contribution in [0.2, 0.25) is 0 Å². The summed E-state index contributed by atoms with van der Waals surface area (Å²) >= 11 is 1.30. The zero-order valence-corrected chi connectivity index (χ0v) is 12.5. The van der Waals surface area contributed by atoms with Crippen molar-refractivity contribution >= 4 is 17.3 Å². The number of carboxylic acid groups (broad SMARTS) is 1. The number of rotatable bonds is 4. The van der Waals surface area contributed by atoms with Crippen LogP contribution in [0.4, 0.5) is 0 Å². The van der Waals surface area contributed by atoms with Gasteiger partial charge in [0.2, 0.25) is 5.13 Å². The number of aromatic carboxylic acids is 1. The Bertz CT molecular complexity index is 825. The van der Waals surface area contributed by atoms with E-state index < -0.39 is 5.97 Å². The molecular formula is C13H11N5O3S. The van der Waals surface area contributed by atoms with Crippen LogP contribution in [0.15, 0.2) is 24.3 Å². The van der Waals surface area contributed by atoms with Gasteiger partial charge >= 0.3 is 5.97 Å². The van der Waals surface area contributed by atoms with Gasteiger partial charge in [-0.15, -0.1) is 15.3 Å². The highest BCUT2D eigenvalue weighted by molar-refractivity contribution is 7.13. The van der Waals surface area contributed by atoms with Crippen molar-refractivity contribution in [3.8, 4) is 22.1 Å². The van der Waals surface area contributed by atoms with Crippen LogP contribution < -0.4 is 4.74 Å². The highest BCUT2D eigenvalue weighted by Crippen LogP contribution is 2.28. The van der Waals surface area contributed by atoms with Crippen LogP contribution in [-0.2, 0) is 0 Å². The number of aromatic nitrogens is 5. The molecule has 0 saturated carbocycles. The first-order chi connectivity index (χ1) is 10.6. The summed E-state index contributed by atoms with van der Waals surface area (Å²) in [4.78, 5) is 11.4. The summed E-state index contributed by atoms with van der Waals surface area (Å²) in [6.45, 7) is 1.81. The number of carbonyl (C=O) groups is 1. The van der Waals surface area contributed by atoms with Crippen molar-refractivity contribution in [2.45, 2.75) is 6.92 Å². The predicted octanol–water partition coefficient (Wildman–Crippen LogP) is 1.80. The molecule has 0 fully saturated rings. The van der Waals surface area contributed by atoms with Crippen molar-refractivity contribution < 1.29 is 14.6 Å². The van der Waals surface area contributed by atoms with Crippen LogP contribution in [0.1, 0.15) is 15.5 Å². The van der Waals surface area contributed by atoms with Crippen molar-refractivity contribution in [3.63, 3.8) is 0 Å². The van der Waals surface area contributed by atoms with Gasteiger partial charge in [-0.1, -0.05) is 16.6 Å². The smallest absolute Gasteiger partial charge is 0.358 e. The van der Waals surface area contributed by atoms with Gasteiger partial charge in [-0.2, -0.15) is 4.68 Å². The molecule has 0 atom stereocenters. The summed E-state index contributed by atoms with van der Waals surface area (Å²) in [5.74, 6) is -0.482. The molecule has 0 aliphatic rings. The third-order valence-electron chi connectivity index (χ3n) is 2.93. The fraction of sp³-hybridized carbons (Fsp3) is 0.154. The lowest BCUT2D eigenvalue weighted by Gasteiger charge is -2.05. The maximum absolute atomic E-state index is 11.4. The summed E-state index contributed by atoms with van der Waals surface area (Å²) in [7, 11) is 1.56. The molecule has 3 rings (SSSR count). The van der Waals surface area contributed by atoms with Crippen molar-refractivity contribution in [3.05, 3.63) is 35.0 Å². The van der Waals surface area contributed by atoms with Gasteiger partial charge in [-0.3, -0.25) is 0 Å². The number of benzene rings is 1. The molecule has 0 saturated heterocycles. The van der Waals surface area contributed by atoms with E-state index in [1.54, 1.807) is 31.4 Å². The van der Waals surface area contributed by atoms with Crippen molar-refractivity contribution in [2.24, 2.45) is 0 Å². The first-order valence-corrected chi connectivity index (χ1v) is 7.05. The van der Waals surface area contributed by atoms with E-state index in [2.05, 4.69) is 20.5 Å². The number of ether oxygens (including phenoxy) is 1. The number of hydrogen-bond acceptors (Lipinski definition) is 7. The number of hydrogen-bond donors (Lipinski definition) is 1. The zero-order chi connectivity index (χ0) is 15.7. The van der Waals surface area contributed by atoms with Crippen LogP contribution in [0.5, 0.6) is 5.75 Å². The minimum atomic E-state index is -1.15. The lowest BCUT2D eigenvalue weighted by atomic mass is 10.1. The average Bonchev–Trinajstić information content (AvgIpc) is 3.13. The molecule has 2 heterocycles. The van der Waals surface area contributed by atoms with E-state index in [1.807, 2.05) is 6.92 Å². The van der Waals surface area contributed by atoms with E-state index >= 15 is 0 Å². The van der Waals surface area contributed by atoms with Crippen LogP contribution in [0, 0.1) is 6.92 Å². The first-order valence-electron chi connectivity index (χ1n) is 6.24. The molecule has 9 heteroatoms. The van der Waals surface area contributed by atoms with E-state index in [-0.39, 0.29) is 5.69 Å². The van der Waals surface area contributed by atoms with Gasteiger partial charge in [0, 0.05) is 5.56 Å². The molecule has 22 heavy (non-hydrogen) atoms. The Morgan fingerprint density at radius 3 is 2.50 bits per heavy atom. The Morgan fingerprint density at radius 2 is 1.95 bits per heavy atom. The Labute approximate surface area is 129 Å². The molecule has 0 amide bonds. The monoisotopic (exact) mass is 317 g/mol. The van der Waals surface area contributed by atoms with Gasteiger partial charge in [-0.25, -0.2) is 4.79 Å². The number of carboxylic acids is 1. The molecule has 0 spiro atoms. The van der Waals surface area contributed by atoms with E-state index in [1.165, 1.54) is 16.0 Å². The van der Waals surface area contributed by atoms with Crippen LogP contribution in [0.25, 0.3) is 16.4 Å². The topological polar surface area (TPSA) is 103 Å². The molecule has 0 unspecified atom stereocenters. The van der Waals surface area contributed by atoms with E-state index in [4.69, 9.17) is 4.74 Å². The summed E-state index contributed by atoms with van der Waals surface area (Å²) in [5, 5.41) is 26.1. The van der Waals surface area contributed by atoms with Crippen molar-refractivity contribution in [1.82, 2.24) is 25.2 Å². The molecule has 112 valence electrons. The fourth-order valence-electron chi connectivity index (χ4n) is 1.94. The predicted molar refractivity (Wildman–Crippen MR) is 78.5 cm³/mol. The van der Waals surface area contributed by atoms with Gasteiger partial charge < -0.3 is 9.84 Å². The summed E-state index contributed by atoms with van der Waals surface area (Å²) < 4.78 is 6.49. The van der Waals surface area contributed by atoms with Gasteiger partial charge in [0.05, 0.1) is 7.11 Å². The van der Waals surface area contributed by atoms with Gasteiger partial charge in [0.25, 0.3) is 0 Å². The normalized spacial score (nSPS) is 10.6. The molecule has 1 N–H and O–H groups in total. The maximum Gasteiger partial charge on any atom is 0.358 e. The molecule has 8 nitrogen and oxygen atoms in total. The van der Waals surface area contributed by atoms with Gasteiger partial charge in [0.1, 0.15) is 16.5 Å². The van der Waals surface area contributed by atoms with Crippen LogP contribution in [-0.4, -0.2) is 43.4 Å². The van der Waals surface area contributed by atoms with E-state index in [9.17, 15) is 9.90 Å². The van der Waals surface area contributed by atoms with Crippen LogP contribution in [0.3, 0.4) is 0 Å². The standard InChI is InChI=1S/C13H11N5O3S/c1-7-14-16-13(22-7)18-11(10(12(19)20)15-17-18)8-3-5-9(21-2)6-4-8/h3-6H,1-2H3,(H,19,20). The summed E-state index contributed by atoms with van der Waals surface area (Å²) in [5.41, 5.74) is 0.861. The van der Waals surface area contributed by atoms with Crippen LogP contribution >= 0.6 is 11.3 Å². The van der Waals surface area contributed by atoms with Crippen molar-refractivity contribution in [1.29, 1.82) is 0 Å². The molecule has 0 bridgehead atoms. The van der Waals surface area contributed by atoms with E-state index in [0.717, 1.165) is 5.01 Å². The third kappa shape index (κ3) is 2.42. The third-order valence-corrected chi connectivity index (χ3v) is 3.75. The molecule has 2 aromatic heterocycles. The SMILES string of the molecule is COc1ccc(-c2c(C(=O)O)nnn2-c2nnc(C)s2)cc1. The Balaban J connectivity index is 2.18. The summed E-state index contributed by atoms with van der Waals surface area (Å²) in [6, 6.07) is 6.97. The lowest BCUT2D eigenvalue weighted by molar-refractivity contribution is 0.0691. The second-order valence-corrected chi connectivity index (χ2v) is 5.50. The molecular weight excluding hydrogens is 306 g/mol. The second-order valence-electron chi connectivity index (χ2n) is 4.34. The minimum absolute atomic E-state index is 0.141. The highest BCUT2D eigenvalue weighted by Gasteiger charge is 2.23. The van der Waals surface area contributed by atoms with Gasteiger partial charge in [-0.05, 0) is 31.2 Å². The number of methoxy groups -OCH3 is 1. The Morgan fingerprint density at radius 1 is 1.23 bits per heavy atom. The highest BCUT2D eigenvalue weighted by atomic mass is 32.1. The fourth-order valence-corrected chi connectivity index (χ4v) is 2.58. The minimum Gasteiger partial charge on any atom is -0.497 e. The quantitative estimate of drug-likeness (QED) is 0.782. The second kappa shape index (κ2) is 5.53. The number of nitrogens with zero attached hydrogens (tertiary/aromatic N) is 5. The largest absolute Gasteiger partial charge is 0.497 e. The molecule has 0 radical (unpaired) electrons. The van der Waals surface area contributed by atoms with E-state index in [0.29, 0.717) is 22.1 Å². The molecule has 0 aliphatic heterocycles. The Kier molecular flexibility index (Phi) is 3.55. The molecule has 0 aliphatic carbocycles. The lowest BCUT2D eigenvalue weighted by Crippen LogP contribution is -2.03. The zero-order valence-electron chi connectivity index (χ0n) is 11.7. The first kappa shape index (κ1) is 14.1. The maximum atomic E-state index is 11.4. The Hall–Kier alpha value is -2.81. The average molecular weight is 317 g/mol.